The minimum absolute atomic E-state index is 0.238. The van der Waals surface area contributed by atoms with E-state index < -0.39 is 0 Å². The molecule has 2 heterocycles. The lowest BCUT2D eigenvalue weighted by Gasteiger charge is -2.36. The van der Waals surface area contributed by atoms with Crippen molar-refractivity contribution < 1.29 is 4.74 Å². The highest BCUT2D eigenvalue weighted by Crippen LogP contribution is 2.29. The van der Waals surface area contributed by atoms with Gasteiger partial charge in [0.2, 0.25) is 0 Å². The molecule has 0 saturated carbocycles. The zero-order chi connectivity index (χ0) is 12.1. The van der Waals surface area contributed by atoms with E-state index in [2.05, 4.69) is 32.7 Å². The molecule has 1 aromatic heterocycles. The normalized spacial score (nSPS) is 19.4. The number of hydrogen-bond donors (Lipinski definition) is 2. The summed E-state index contributed by atoms with van der Waals surface area (Å²) in [5.41, 5.74) is 6.16. The molecule has 1 aliphatic heterocycles. The summed E-state index contributed by atoms with van der Waals surface area (Å²) in [5, 5.41) is 5.64. The van der Waals surface area contributed by atoms with E-state index in [1.54, 1.807) is 11.3 Å². The fraction of sp³-hybridized carbons (Fsp3) is 0.667. The number of ether oxygens (including phenoxy) is 1. The summed E-state index contributed by atoms with van der Waals surface area (Å²) in [5.74, 6) is 0. The van der Waals surface area contributed by atoms with Gasteiger partial charge in [-0.15, -0.1) is 11.3 Å². The van der Waals surface area contributed by atoms with Gasteiger partial charge in [-0.05, 0) is 52.2 Å². The zero-order valence-electron chi connectivity index (χ0n) is 9.88. The van der Waals surface area contributed by atoms with Gasteiger partial charge in [0.1, 0.15) is 0 Å². The van der Waals surface area contributed by atoms with E-state index in [0.29, 0.717) is 0 Å². The molecule has 1 saturated heterocycles. The van der Waals surface area contributed by atoms with Crippen molar-refractivity contribution in [1.82, 2.24) is 5.32 Å². The predicted molar refractivity (Wildman–Crippen MR) is 75.3 cm³/mol. The van der Waals surface area contributed by atoms with Gasteiger partial charge < -0.3 is 15.8 Å². The number of halogens is 1. The lowest BCUT2D eigenvalue weighted by atomic mass is 9.80. The zero-order valence-corrected chi connectivity index (χ0v) is 12.3. The van der Waals surface area contributed by atoms with Crippen LogP contribution in [-0.2, 0) is 11.3 Å². The Labute approximate surface area is 115 Å². The number of nitrogens with two attached hydrogens (primary N) is 1. The molecule has 0 atom stereocenters. The first-order chi connectivity index (χ1) is 8.26. The van der Waals surface area contributed by atoms with Gasteiger partial charge in [0.05, 0.1) is 0 Å². The molecule has 5 heteroatoms. The summed E-state index contributed by atoms with van der Waals surface area (Å²) < 4.78 is 6.61. The summed E-state index contributed by atoms with van der Waals surface area (Å²) in [6.45, 7) is 4.34. The van der Waals surface area contributed by atoms with Crippen LogP contribution in [0.15, 0.2) is 15.9 Å². The first kappa shape index (κ1) is 13.5. The second kappa shape index (κ2) is 6.29. The Morgan fingerprint density at radius 2 is 2.24 bits per heavy atom. The molecule has 0 aliphatic carbocycles. The Bertz CT molecular complexity index is 350. The van der Waals surface area contributed by atoms with Crippen molar-refractivity contribution >= 4 is 27.3 Å². The van der Waals surface area contributed by atoms with Gasteiger partial charge in [0.15, 0.2) is 0 Å². The van der Waals surface area contributed by atoms with E-state index in [-0.39, 0.29) is 5.41 Å². The largest absolute Gasteiger partial charge is 0.381 e. The summed E-state index contributed by atoms with van der Waals surface area (Å²) in [6, 6.07) is 2.09. The summed E-state index contributed by atoms with van der Waals surface area (Å²) in [4.78, 5) is 1.35. The van der Waals surface area contributed by atoms with E-state index in [1.807, 2.05) is 0 Å². The van der Waals surface area contributed by atoms with Gasteiger partial charge in [-0.2, -0.15) is 0 Å². The van der Waals surface area contributed by atoms with E-state index in [1.165, 1.54) is 9.35 Å². The Morgan fingerprint density at radius 3 is 2.82 bits per heavy atom. The van der Waals surface area contributed by atoms with Crippen molar-refractivity contribution in [3.05, 3.63) is 20.8 Å². The third-order valence-corrected chi connectivity index (χ3v) is 5.39. The van der Waals surface area contributed by atoms with Crippen LogP contribution in [-0.4, -0.2) is 26.3 Å². The summed E-state index contributed by atoms with van der Waals surface area (Å²) >= 11 is 5.33. The Kier molecular flexibility index (Phi) is 4.99. The molecule has 17 heavy (non-hydrogen) atoms. The van der Waals surface area contributed by atoms with Crippen molar-refractivity contribution in [2.24, 2.45) is 11.1 Å². The average molecular weight is 319 g/mol. The Balaban J connectivity index is 1.82. The topological polar surface area (TPSA) is 47.3 Å². The van der Waals surface area contributed by atoms with Gasteiger partial charge in [-0.25, -0.2) is 0 Å². The lowest BCUT2D eigenvalue weighted by Crippen LogP contribution is -2.44. The van der Waals surface area contributed by atoms with Crippen LogP contribution in [0, 0.1) is 5.41 Å². The lowest BCUT2D eigenvalue weighted by molar-refractivity contribution is 0.0191. The minimum atomic E-state index is 0.238. The van der Waals surface area contributed by atoms with Crippen LogP contribution in [0.2, 0.25) is 0 Å². The first-order valence-corrected chi connectivity index (χ1v) is 7.63. The Morgan fingerprint density at radius 1 is 1.47 bits per heavy atom. The third kappa shape index (κ3) is 3.51. The molecule has 3 N–H and O–H groups in total. The smallest absolute Gasteiger partial charge is 0.0472 e. The van der Waals surface area contributed by atoms with Crippen LogP contribution in [0.4, 0.5) is 0 Å². The molecule has 0 amide bonds. The maximum Gasteiger partial charge on any atom is 0.0472 e. The molecule has 0 aromatic carbocycles. The number of rotatable bonds is 5. The summed E-state index contributed by atoms with van der Waals surface area (Å²) in [6.07, 6.45) is 2.14. The molecule has 0 unspecified atom stereocenters. The van der Waals surface area contributed by atoms with Gasteiger partial charge in [-0.3, -0.25) is 0 Å². The second-order valence-electron chi connectivity index (χ2n) is 4.61. The van der Waals surface area contributed by atoms with Gasteiger partial charge in [0.25, 0.3) is 0 Å². The maximum absolute atomic E-state index is 5.93. The quantitative estimate of drug-likeness (QED) is 0.876. The van der Waals surface area contributed by atoms with Crippen molar-refractivity contribution in [1.29, 1.82) is 0 Å². The maximum atomic E-state index is 5.93. The van der Waals surface area contributed by atoms with Crippen molar-refractivity contribution in [2.45, 2.75) is 19.4 Å². The highest BCUT2D eigenvalue weighted by molar-refractivity contribution is 9.10. The SMILES string of the molecule is NCC1(CNCc2sccc2Br)CCOCC1. The first-order valence-electron chi connectivity index (χ1n) is 5.96. The third-order valence-electron chi connectivity index (χ3n) is 3.46. The molecular weight excluding hydrogens is 300 g/mol. The van der Waals surface area contributed by atoms with Crippen molar-refractivity contribution in [3.63, 3.8) is 0 Å². The van der Waals surface area contributed by atoms with Gasteiger partial charge in [0, 0.05) is 35.7 Å². The van der Waals surface area contributed by atoms with Gasteiger partial charge in [-0.1, -0.05) is 0 Å². The molecule has 0 spiro atoms. The summed E-state index contributed by atoms with van der Waals surface area (Å²) in [7, 11) is 0. The molecule has 0 radical (unpaired) electrons. The van der Waals surface area contributed by atoms with Crippen molar-refractivity contribution in [2.75, 3.05) is 26.3 Å². The Hall–Kier alpha value is 0.0600. The minimum Gasteiger partial charge on any atom is -0.381 e. The molecule has 1 fully saturated rings. The molecular formula is C12H19BrN2OS. The molecule has 96 valence electrons. The van der Waals surface area contributed by atoms with Crippen molar-refractivity contribution in [3.8, 4) is 0 Å². The van der Waals surface area contributed by atoms with Crippen LogP contribution < -0.4 is 11.1 Å². The van der Waals surface area contributed by atoms with Crippen LogP contribution in [0.5, 0.6) is 0 Å². The van der Waals surface area contributed by atoms with Crippen LogP contribution in [0.1, 0.15) is 17.7 Å². The number of nitrogens with one attached hydrogen (secondary N) is 1. The second-order valence-corrected chi connectivity index (χ2v) is 6.47. The monoisotopic (exact) mass is 318 g/mol. The number of thiophene rings is 1. The van der Waals surface area contributed by atoms with Crippen LogP contribution in [0.3, 0.4) is 0 Å². The molecule has 2 rings (SSSR count). The average Bonchev–Trinajstić information content (AvgIpc) is 2.76. The fourth-order valence-electron chi connectivity index (χ4n) is 2.15. The standard InChI is InChI=1S/C12H19BrN2OS/c13-10-1-6-17-11(10)7-15-9-12(8-14)2-4-16-5-3-12/h1,6,15H,2-5,7-9,14H2. The van der Waals surface area contributed by atoms with E-state index in [9.17, 15) is 0 Å². The highest BCUT2D eigenvalue weighted by atomic mass is 79.9. The van der Waals surface area contributed by atoms with Crippen LogP contribution >= 0.6 is 27.3 Å². The predicted octanol–water partition coefficient (Wildman–Crippen LogP) is 2.36. The molecule has 3 nitrogen and oxygen atoms in total. The number of hydrogen-bond acceptors (Lipinski definition) is 4. The van der Waals surface area contributed by atoms with E-state index >= 15 is 0 Å². The van der Waals surface area contributed by atoms with Gasteiger partial charge >= 0.3 is 0 Å². The van der Waals surface area contributed by atoms with E-state index in [4.69, 9.17) is 10.5 Å². The highest BCUT2D eigenvalue weighted by Gasteiger charge is 2.30. The van der Waals surface area contributed by atoms with Crippen LogP contribution in [0.25, 0.3) is 0 Å². The molecule has 1 aliphatic rings. The van der Waals surface area contributed by atoms with E-state index in [0.717, 1.165) is 45.7 Å². The molecule has 1 aromatic rings. The molecule has 0 bridgehead atoms. The fourth-order valence-corrected chi connectivity index (χ4v) is 3.61.